The molecule has 2 aliphatic rings. The van der Waals surface area contributed by atoms with Gasteiger partial charge in [-0.1, -0.05) is 25.1 Å². The van der Waals surface area contributed by atoms with Crippen LogP contribution in [0.3, 0.4) is 0 Å². The number of hydrogen-bond acceptors (Lipinski definition) is 2. The topological polar surface area (TPSA) is 29.3 Å². The second-order valence-electron chi connectivity index (χ2n) is 6.35. The first-order valence-electron chi connectivity index (χ1n) is 7.82. The Morgan fingerprint density at radius 3 is 2.89 bits per heavy atom. The van der Waals surface area contributed by atoms with Crippen molar-refractivity contribution in [3.05, 3.63) is 34.9 Å². The third-order valence-corrected chi connectivity index (χ3v) is 5.02. The number of nitrogens with zero attached hydrogens (tertiary/aromatic N) is 1. The van der Waals surface area contributed by atoms with E-state index in [0.29, 0.717) is 6.04 Å². The Kier molecular flexibility index (Phi) is 3.90. The largest absolute Gasteiger partial charge is 0.329 e. The van der Waals surface area contributed by atoms with Crippen LogP contribution in [0.1, 0.15) is 42.9 Å². The van der Waals surface area contributed by atoms with Gasteiger partial charge in [0, 0.05) is 19.1 Å². The highest BCUT2D eigenvalue weighted by Gasteiger charge is 2.27. The molecule has 2 heteroatoms. The molecular weight excluding hydrogens is 232 g/mol. The number of aryl methyl sites for hydroxylation is 2. The number of nitrogens with two attached hydrogens (primary N) is 1. The fraction of sp³-hybridized carbons (Fsp3) is 0.647. The van der Waals surface area contributed by atoms with Crippen molar-refractivity contribution in [3.63, 3.8) is 0 Å². The number of hydrogen-bond donors (Lipinski definition) is 1. The molecule has 2 nitrogen and oxygen atoms in total. The molecule has 0 aromatic heterocycles. The van der Waals surface area contributed by atoms with Crippen molar-refractivity contribution in [1.29, 1.82) is 0 Å². The number of piperidine rings is 1. The van der Waals surface area contributed by atoms with Crippen molar-refractivity contribution in [2.24, 2.45) is 11.7 Å². The summed E-state index contributed by atoms with van der Waals surface area (Å²) in [5.41, 5.74) is 10.6. The third-order valence-electron chi connectivity index (χ3n) is 5.02. The number of fused-ring (bicyclic) bond motifs is 1. The molecule has 1 aromatic carbocycles. The minimum atomic E-state index is 0.571. The minimum absolute atomic E-state index is 0.571. The lowest BCUT2D eigenvalue weighted by Crippen LogP contribution is -2.48. The molecule has 2 N–H and O–H groups in total. The van der Waals surface area contributed by atoms with Gasteiger partial charge in [0.2, 0.25) is 0 Å². The van der Waals surface area contributed by atoms with Crippen LogP contribution in [0.5, 0.6) is 0 Å². The van der Waals surface area contributed by atoms with E-state index < -0.39 is 0 Å². The van der Waals surface area contributed by atoms with Crippen molar-refractivity contribution in [2.45, 2.75) is 51.6 Å². The summed E-state index contributed by atoms with van der Waals surface area (Å²) in [4.78, 5) is 2.60. The maximum atomic E-state index is 5.99. The Labute approximate surface area is 117 Å². The van der Waals surface area contributed by atoms with Gasteiger partial charge in [-0.05, 0) is 61.3 Å². The second-order valence-corrected chi connectivity index (χ2v) is 6.35. The van der Waals surface area contributed by atoms with Gasteiger partial charge in [0.15, 0.2) is 0 Å². The summed E-state index contributed by atoms with van der Waals surface area (Å²) < 4.78 is 0. The number of benzene rings is 1. The molecule has 3 rings (SSSR count). The molecular formula is C17H26N2. The van der Waals surface area contributed by atoms with Crippen LogP contribution in [-0.2, 0) is 19.4 Å². The van der Waals surface area contributed by atoms with Crippen molar-refractivity contribution in [3.8, 4) is 0 Å². The lowest BCUT2D eigenvalue weighted by Gasteiger charge is -2.39. The first-order chi connectivity index (χ1) is 9.28. The molecule has 2 unspecified atom stereocenters. The summed E-state index contributed by atoms with van der Waals surface area (Å²) in [5.74, 6) is 0.744. The highest BCUT2D eigenvalue weighted by atomic mass is 15.2. The average molecular weight is 258 g/mol. The molecule has 0 amide bonds. The standard InChI is InChI=1S/C17H26N2/c1-13-4-3-9-19(17(13)11-18)12-14-7-8-15-5-2-6-16(15)10-14/h7-8,10,13,17H,2-6,9,11-12,18H2,1H3. The van der Waals surface area contributed by atoms with Crippen molar-refractivity contribution in [2.75, 3.05) is 13.1 Å². The summed E-state index contributed by atoms with van der Waals surface area (Å²) in [6.07, 6.45) is 6.55. The summed E-state index contributed by atoms with van der Waals surface area (Å²) in [6, 6.07) is 7.69. The van der Waals surface area contributed by atoms with Gasteiger partial charge in [-0.15, -0.1) is 0 Å². The van der Waals surface area contributed by atoms with E-state index in [-0.39, 0.29) is 0 Å². The van der Waals surface area contributed by atoms with Crippen LogP contribution in [0.15, 0.2) is 18.2 Å². The van der Waals surface area contributed by atoms with E-state index in [1.54, 1.807) is 11.1 Å². The van der Waals surface area contributed by atoms with Crippen molar-refractivity contribution < 1.29 is 0 Å². The Morgan fingerprint density at radius 1 is 1.21 bits per heavy atom. The molecule has 2 atom stereocenters. The lowest BCUT2D eigenvalue weighted by atomic mass is 9.90. The fourth-order valence-corrected chi connectivity index (χ4v) is 3.87. The predicted molar refractivity (Wildman–Crippen MR) is 80.1 cm³/mol. The van der Waals surface area contributed by atoms with E-state index in [4.69, 9.17) is 5.73 Å². The fourth-order valence-electron chi connectivity index (χ4n) is 3.87. The van der Waals surface area contributed by atoms with Crippen LogP contribution < -0.4 is 5.73 Å². The highest BCUT2D eigenvalue weighted by Crippen LogP contribution is 2.27. The minimum Gasteiger partial charge on any atom is -0.329 e. The highest BCUT2D eigenvalue weighted by molar-refractivity contribution is 5.35. The SMILES string of the molecule is CC1CCCN(Cc2ccc3c(c2)CCC3)C1CN. The normalized spacial score (nSPS) is 27.5. The zero-order chi connectivity index (χ0) is 13.2. The summed E-state index contributed by atoms with van der Waals surface area (Å²) in [5, 5.41) is 0. The summed E-state index contributed by atoms with van der Waals surface area (Å²) >= 11 is 0. The van der Waals surface area contributed by atoms with Gasteiger partial charge in [-0.25, -0.2) is 0 Å². The third kappa shape index (κ3) is 2.70. The van der Waals surface area contributed by atoms with Gasteiger partial charge in [-0.2, -0.15) is 0 Å². The summed E-state index contributed by atoms with van der Waals surface area (Å²) in [7, 11) is 0. The van der Waals surface area contributed by atoms with E-state index in [1.807, 2.05) is 0 Å². The molecule has 1 saturated heterocycles. The molecule has 0 bridgehead atoms. The van der Waals surface area contributed by atoms with Crippen molar-refractivity contribution >= 4 is 0 Å². The van der Waals surface area contributed by atoms with Gasteiger partial charge in [0.1, 0.15) is 0 Å². The Hall–Kier alpha value is -0.860. The van der Waals surface area contributed by atoms with Gasteiger partial charge in [0.05, 0.1) is 0 Å². The molecule has 1 aliphatic carbocycles. The van der Waals surface area contributed by atoms with Crippen LogP contribution in [0.2, 0.25) is 0 Å². The monoisotopic (exact) mass is 258 g/mol. The molecule has 1 heterocycles. The quantitative estimate of drug-likeness (QED) is 0.903. The van der Waals surface area contributed by atoms with Gasteiger partial charge >= 0.3 is 0 Å². The lowest BCUT2D eigenvalue weighted by molar-refractivity contribution is 0.0990. The molecule has 1 fully saturated rings. The van der Waals surface area contributed by atoms with Gasteiger partial charge in [0.25, 0.3) is 0 Å². The van der Waals surface area contributed by atoms with E-state index in [9.17, 15) is 0 Å². The van der Waals surface area contributed by atoms with Crippen molar-refractivity contribution in [1.82, 2.24) is 4.90 Å². The van der Waals surface area contributed by atoms with Crippen LogP contribution >= 0.6 is 0 Å². The maximum absolute atomic E-state index is 5.99. The smallest absolute Gasteiger partial charge is 0.0247 e. The second kappa shape index (κ2) is 5.64. The first kappa shape index (κ1) is 13.1. The molecule has 0 spiro atoms. The number of rotatable bonds is 3. The van der Waals surface area contributed by atoms with Gasteiger partial charge < -0.3 is 5.73 Å². The average Bonchev–Trinajstić information content (AvgIpc) is 2.86. The Balaban J connectivity index is 1.73. The molecule has 104 valence electrons. The molecule has 0 saturated carbocycles. The zero-order valence-corrected chi connectivity index (χ0v) is 12.1. The molecule has 0 radical (unpaired) electrons. The molecule has 1 aromatic rings. The maximum Gasteiger partial charge on any atom is 0.0247 e. The number of likely N-dealkylation sites (tertiary alicyclic amines) is 1. The zero-order valence-electron chi connectivity index (χ0n) is 12.1. The van der Waals surface area contributed by atoms with Gasteiger partial charge in [-0.3, -0.25) is 4.90 Å². The van der Waals surface area contributed by atoms with E-state index in [2.05, 4.69) is 30.0 Å². The van der Waals surface area contributed by atoms with Crippen LogP contribution in [0, 0.1) is 5.92 Å². The Morgan fingerprint density at radius 2 is 2.05 bits per heavy atom. The predicted octanol–water partition coefficient (Wildman–Crippen LogP) is 2.73. The Bertz CT molecular complexity index is 441. The summed E-state index contributed by atoms with van der Waals surface area (Å²) in [6.45, 7) is 5.45. The van der Waals surface area contributed by atoms with E-state index >= 15 is 0 Å². The van der Waals surface area contributed by atoms with Crippen LogP contribution in [0.4, 0.5) is 0 Å². The molecule has 1 aliphatic heterocycles. The first-order valence-corrected chi connectivity index (χ1v) is 7.82. The van der Waals surface area contributed by atoms with Crippen LogP contribution in [0.25, 0.3) is 0 Å². The molecule has 19 heavy (non-hydrogen) atoms. The van der Waals surface area contributed by atoms with Crippen LogP contribution in [-0.4, -0.2) is 24.0 Å². The van der Waals surface area contributed by atoms with E-state index in [0.717, 1.165) is 19.0 Å². The van der Waals surface area contributed by atoms with E-state index in [1.165, 1.54) is 44.2 Å².